The molecule has 1 saturated heterocycles. The molecule has 5 heteroatoms. The van der Waals surface area contributed by atoms with Crippen LogP contribution in [0.25, 0.3) is 0 Å². The molecule has 5 nitrogen and oxygen atoms in total. The van der Waals surface area contributed by atoms with Crippen LogP contribution in [0.4, 0.5) is 0 Å². The molecule has 2 amide bonds. The van der Waals surface area contributed by atoms with Gasteiger partial charge in [0, 0.05) is 25.6 Å². The van der Waals surface area contributed by atoms with Gasteiger partial charge in [-0.15, -0.1) is 0 Å². The van der Waals surface area contributed by atoms with Gasteiger partial charge >= 0.3 is 0 Å². The van der Waals surface area contributed by atoms with Crippen LogP contribution in [0.5, 0.6) is 5.75 Å². The molecule has 0 saturated carbocycles. The number of ether oxygens (including phenoxy) is 1. The minimum Gasteiger partial charge on any atom is -0.483 e. The molecule has 1 N–H and O–H groups in total. The van der Waals surface area contributed by atoms with E-state index in [0.29, 0.717) is 19.5 Å². The van der Waals surface area contributed by atoms with Crippen molar-refractivity contribution in [2.45, 2.75) is 65.3 Å². The van der Waals surface area contributed by atoms with E-state index in [9.17, 15) is 9.59 Å². The van der Waals surface area contributed by atoms with Gasteiger partial charge in [0.05, 0.1) is 0 Å². The Morgan fingerprint density at radius 2 is 1.88 bits per heavy atom. The third kappa shape index (κ3) is 5.48. The van der Waals surface area contributed by atoms with Gasteiger partial charge in [0.2, 0.25) is 5.91 Å². The molecule has 0 spiro atoms. The Labute approximate surface area is 157 Å². The SMILES string of the molecule is CCC(=O)NC1CCN(C(=O)COc2ccc(C)cc2C(C)(C)C)CC1. The average Bonchev–Trinajstić information content (AvgIpc) is 2.60. The predicted molar refractivity (Wildman–Crippen MR) is 103 cm³/mol. The van der Waals surface area contributed by atoms with Crippen LogP contribution in [0.15, 0.2) is 18.2 Å². The number of piperidine rings is 1. The van der Waals surface area contributed by atoms with Crippen molar-refractivity contribution in [3.63, 3.8) is 0 Å². The molecule has 2 rings (SSSR count). The summed E-state index contributed by atoms with van der Waals surface area (Å²) in [6.07, 6.45) is 2.10. The van der Waals surface area contributed by atoms with Crippen molar-refractivity contribution < 1.29 is 14.3 Å². The van der Waals surface area contributed by atoms with Gasteiger partial charge in [-0.3, -0.25) is 9.59 Å². The Bertz CT molecular complexity index is 641. The van der Waals surface area contributed by atoms with Crippen molar-refractivity contribution in [1.29, 1.82) is 0 Å². The fraction of sp³-hybridized carbons (Fsp3) is 0.619. The van der Waals surface area contributed by atoms with Crippen LogP contribution in [-0.2, 0) is 15.0 Å². The maximum Gasteiger partial charge on any atom is 0.260 e. The first kappa shape index (κ1) is 20.3. The number of rotatable bonds is 5. The van der Waals surface area contributed by atoms with E-state index in [1.807, 2.05) is 24.0 Å². The standard InChI is InChI=1S/C21H32N2O3/c1-6-19(24)22-16-9-11-23(12-10-16)20(25)14-26-18-8-7-15(2)13-17(18)21(3,4)5/h7-8,13,16H,6,9-12,14H2,1-5H3,(H,22,24). The molecule has 0 aliphatic carbocycles. The van der Waals surface area contributed by atoms with Crippen LogP contribution in [-0.4, -0.2) is 42.5 Å². The number of aryl methyl sites for hydroxylation is 1. The first-order chi connectivity index (χ1) is 12.2. The Morgan fingerprint density at radius 3 is 2.46 bits per heavy atom. The summed E-state index contributed by atoms with van der Waals surface area (Å²) < 4.78 is 5.88. The third-order valence-corrected chi connectivity index (χ3v) is 4.83. The number of benzene rings is 1. The molecule has 0 bridgehead atoms. The highest BCUT2D eigenvalue weighted by Gasteiger charge is 2.25. The minimum absolute atomic E-state index is 0.00528. The number of carbonyl (C=O) groups excluding carboxylic acids is 2. The molecule has 0 unspecified atom stereocenters. The van der Waals surface area contributed by atoms with E-state index >= 15 is 0 Å². The van der Waals surface area contributed by atoms with Crippen LogP contribution in [0, 0.1) is 6.92 Å². The van der Waals surface area contributed by atoms with E-state index in [1.54, 1.807) is 0 Å². The van der Waals surface area contributed by atoms with Gasteiger partial charge in [-0.2, -0.15) is 0 Å². The lowest BCUT2D eigenvalue weighted by molar-refractivity contribution is -0.134. The summed E-state index contributed by atoms with van der Waals surface area (Å²) in [5, 5.41) is 3.01. The summed E-state index contributed by atoms with van der Waals surface area (Å²) in [6, 6.07) is 6.27. The first-order valence-corrected chi connectivity index (χ1v) is 9.51. The van der Waals surface area contributed by atoms with Gasteiger partial charge in [0.1, 0.15) is 5.75 Å². The normalized spacial score (nSPS) is 15.7. The zero-order valence-corrected chi connectivity index (χ0v) is 16.7. The predicted octanol–water partition coefficient (Wildman–Crippen LogP) is 3.19. The van der Waals surface area contributed by atoms with Crippen LogP contribution in [0.2, 0.25) is 0 Å². The van der Waals surface area contributed by atoms with Gasteiger partial charge in [0.15, 0.2) is 6.61 Å². The highest BCUT2D eigenvalue weighted by molar-refractivity contribution is 5.78. The molecule has 1 aromatic carbocycles. The maximum absolute atomic E-state index is 12.5. The third-order valence-electron chi connectivity index (χ3n) is 4.83. The summed E-state index contributed by atoms with van der Waals surface area (Å²) in [7, 11) is 0. The number of nitrogens with zero attached hydrogens (tertiary/aromatic N) is 1. The lowest BCUT2D eigenvalue weighted by Crippen LogP contribution is -2.47. The molecule has 26 heavy (non-hydrogen) atoms. The number of hydrogen-bond acceptors (Lipinski definition) is 3. The van der Waals surface area contributed by atoms with Crippen molar-refractivity contribution in [3.8, 4) is 5.75 Å². The van der Waals surface area contributed by atoms with Gasteiger partial charge < -0.3 is 15.0 Å². The second kappa shape index (κ2) is 8.56. The fourth-order valence-corrected chi connectivity index (χ4v) is 3.19. The Kier molecular flexibility index (Phi) is 6.68. The van der Waals surface area contributed by atoms with Gasteiger partial charge in [0.25, 0.3) is 5.91 Å². The second-order valence-corrected chi connectivity index (χ2v) is 8.11. The molecular formula is C21H32N2O3. The summed E-state index contributed by atoms with van der Waals surface area (Å²) in [4.78, 5) is 25.8. The van der Waals surface area contributed by atoms with Crippen molar-refractivity contribution in [2.24, 2.45) is 0 Å². The lowest BCUT2D eigenvalue weighted by Gasteiger charge is -2.32. The Morgan fingerprint density at radius 1 is 1.23 bits per heavy atom. The number of hydrogen-bond donors (Lipinski definition) is 1. The number of nitrogens with one attached hydrogen (secondary N) is 1. The smallest absolute Gasteiger partial charge is 0.260 e. The Balaban J connectivity index is 1.89. The van der Waals surface area contributed by atoms with Crippen LogP contribution < -0.4 is 10.1 Å². The number of likely N-dealkylation sites (tertiary alicyclic amines) is 1. The first-order valence-electron chi connectivity index (χ1n) is 9.51. The van der Waals surface area contributed by atoms with Gasteiger partial charge in [-0.25, -0.2) is 0 Å². The van der Waals surface area contributed by atoms with Crippen LogP contribution in [0.3, 0.4) is 0 Å². The zero-order chi connectivity index (χ0) is 19.3. The highest BCUT2D eigenvalue weighted by Crippen LogP contribution is 2.32. The van der Waals surface area contributed by atoms with E-state index in [2.05, 4.69) is 39.1 Å². The number of carbonyl (C=O) groups is 2. The molecule has 1 fully saturated rings. The van der Waals surface area contributed by atoms with Gasteiger partial charge in [-0.1, -0.05) is 45.4 Å². The van der Waals surface area contributed by atoms with Gasteiger partial charge in [-0.05, 0) is 36.8 Å². The van der Waals surface area contributed by atoms with E-state index in [-0.39, 0.29) is 29.9 Å². The second-order valence-electron chi connectivity index (χ2n) is 8.11. The molecule has 0 aromatic heterocycles. The molecule has 1 aromatic rings. The zero-order valence-electron chi connectivity index (χ0n) is 16.7. The molecular weight excluding hydrogens is 328 g/mol. The summed E-state index contributed by atoms with van der Waals surface area (Å²) in [5.41, 5.74) is 2.26. The minimum atomic E-state index is -0.0414. The van der Waals surface area contributed by atoms with Crippen molar-refractivity contribution in [2.75, 3.05) is 19.7 Å². The van der Waals surface area contributed by atoms with Crippen molar-refractivity contribution in [3.05, 3.63) is 29.3 Å². The molecule has 1 heterocycles. The summed E-state index contributed by atoms with van der Waals surface area (Å²) in [6.45, 7) is 11.7. The largest absolute Gasteiger partial charge is 0.483 e. The van der Waals surface area contributed by atoms with E-state index in [4.69, 9.17) is 4.74 Å². The van der Waals surface area contributed by atoms with Crippen LogP contribution in [0.1, 0.15) is 58.1 Å². The number of amides is 2. The van der Waals surface area contributed by atoms with E-state index in [1.165, 1.54) is 5.56 Å². The fourth-order valence-electron chi connectivity index (χ4n) is 3.19. The van der Waals surface area contributed by atoms with E-state index in [0.717, 1.165) is 24.2 Å². The average molecular weight is 360 g/mol. The lowest BCUT2D eigenvalue weighted by atomic mass is 9.85. The van der Waals surface area contributed by atoms with E-state index < -0.39 is 0 Å². The van der Waals surface area contributed by atoms with Crippen molar-refractivity contribution in [1.82, 2.24) is 10.2 Å². The summed E-state index contributed by atoms with van der Waals surface area (Å²) >= 11 is 0. The quantitative estimate of drug-likeness (QED) is 0.877. The molecule has 1 aliphatic rings. The van der Waals surface area contributed by atoms with Crippen molar-refractivity contribution >= 4 is 11.8 Å². The highest BCUT2D eigenvalue weighted by atomic mass is 16.5. The monoisotopic (exact) mass is 360 g/mol. The maximum atomic E-state index is 12.5. The Hall–Kier alpha value is -2.04. The van der Waals surface area contributed by atoms with Crippen LogP contribution >= 0.6 is 0 Å². The summed E-state index contributed by atoms with van der Waals surface area (Å²) in [5.74, 6) is 0.861. The molecule has 0 atom stereocenters. The molecule has 0 radical (unpaired) electrons. The molecule has 144 valence electrons. The topological polar surface area (TPSA) is 58.6 Å². The molecule has 1 aliphatic heterocycles.